The van der Waals surface area contributed by atoms with Crippen LogP contribution >= 0.6 is 15.9 Å². The first kappa shape index (κ1) is 14.8. The van der Waals surface area contributed by atoms with Gasteiger partial charge in [0.15, 0.2) is 0 Å². The van der Waals surface area contributed by atoms with Gasteiger partial charge in [0.25, 0.3) is 0 Å². The molecule has 0 aliphatic heterocycles. The fourth-order valence-electron chi connectivity index (χ4n) is 3.33. The molecule has 0 bridgehead atoms. The molecule has 1 nitrogen and oxygen atoms in total. The Morgan fingerprint density at radius 3 is 2.71 bits per heavy atom. The Morgan fingerprint density at radius 2 is 1.95 bits per heavy atom. The smallest absolute Gasteiger partial charge is 0.0294 e. The topological polar surface area (TPSA) is 12.0 Å². The van der Waals surface area contributed by atoms with E-state index in [1.165, 1.54) is 33.1 Å². The molecule has 2 aromatic carbocycles. The summed E-state index contributed by atoms with van der Waals surface area (Å²) in [5.41, 5.74) is 5.73. The van der Waals surface area contributed by atoms with Crippen LogP contribution in [0.1, 0.15) is 41.6 Å². The molecule has 1 N–H and O–H groups in total. The van der Waals surface area contributed by atoms with E-state index in [1.807, 2.05) is 0 Å². The van der Waals surface area contributed by atoms with Crippen LogP contribution in [-0.2, 0) is 12.8 Å². The quantitative estimate of drug-likeness (QED) is 0.829. The van der Waals surface area contributed by atoms with Gasteiger partial charge in [-0.25, -0.2) is 0 Å². The molecule has 1 aliphatic carbocycles. The Bertz CT molecular complexity index is 621. The Morgan fingerprint density at radius 1 is 1.19 bits per heavy atom. The largest absolute Gasteiger partial charge is 0.307 e. The first-order valence-electron chi connectivity index (χ1n) is 7.72. The van der Waals surface area contributed by atoms with Gasteiger partial charge in [0, 0.05) is 16.6 Å². The number of halogens is 1. The standard InChI is InChI=1S/C19H22BrN/c1-13-10-16-12-17(8-9-18(16)19(20)11-13)21-14(2)15-6-4-3-5-7-15/h3-7,10-11,14,17,21H,8-9,12H2,1-2H3/t14-,17+/m0/s1. The van der Waals surface area contributed by atoms with Crippen LogP contribution in [0.4, 0.5) is 0 Å². The lowest BCUT2D eigenvalue weighted by molar-refractivity contribution is 0.413. The highest BCUT2D eigenvalue weighted by Gasteiger charge is 2.22. The molecule has 0 radical (unpaired) electrons. The summed E-state index contributed by atoms with van der Waals surface area (Å²) in [6, 6.07) is 16.3. The molecule has 0 heterocycles. The van der Waals surface area contributed by atoms with Crippen LogP contribution in [0.5, 0.6) is 0 Å². The molecule has 0 saturated carbocycles. The van der Waals surface area contributed by atoms with Crippen molar-refractivity contribution in [1.82, 2.24) is 5.32 Å². The summed E-state index contributed by atoms with van der Waals surface area (Å²) in [7, 11) is 0. The molecule has 110 valence electrons. The third-order valence-electron chi connectivity index (χ3n) is 4.43. The van der Waals surface area contributed by atoms with Crippen LogP contribution in [-0.4, -0.2) is 6.04 Å². The van der Waals surface area contributed by atoms with E-state index >= 15 is 0 Å². The molecule has 2 heteroatoms. The summed E-state index contributed by atoms with van der Waals surface area (Å²) >= 11 is 3.72. The number of benzene rings is 2. The second kappa shape index (κ2) is 6.33. The summed E-state index contributed by atoms with van der Waals surface area (Å²) in [4.78, 5) is 0. The van der Waals surface area contributed by atoms with Gasteiger partial charge >= 0.3 is 0 Å². The van der Waals surface area contributed by atoms with Gasteiger partial charge in [0.2, 0.25) is 0 Å². The van der Waals surface area contributed by atoms with E-state index in [-0.39, 0.29) is 0 Å². The van der Waals surface area contributed by atoms with Gasteiger partial charge in [-0.2, -0.15) is 0 Å². The van der Waals surface area contributed by atoms with Gasteiger partial charge in [0.1, 0.15) is 0 Å². The van der Waals surface area contributed by atoms with Crippen molar-refractivity contribution in [3.63, 3.8) is 0 Å². The zero-order valence-electron chi connectivity index (χ0n) is 12.7. The second-order valence-corrected chi connectivity index (χ2v) is 6.98. The van der Waals surface area contributed by atoms with Gasteiger partial charge in [-0.05, 0) is 61.4 Å². The van der Waals surface area contributed by atoms with Gasteiger partial charge in [0.05, 0.1) is 0 Å². The van der Waals surface area contributed by atoms with Crippen molar-refractivity contribution >= 4 is 15.9 Å². The van der Waals surface area contributed by atoms with Crippen molar-refractivity contribution in [3.8, 4) is 0 Å². The molecule has 0 amide bonds. The van der Waals surface area contributed by atoms with E-state index in [9.17, 15) is 0 Å². The maximum absolute atomic E-state index is 3.80. The van der Waals surface area contributed by atoms with Gasteiger partial charge in [-0.1, -0.05) is 52.3 Å². The summed E-state index contributed by atoms with van der Waals surface area (Å²) in [6.07, 6.45) is 3.51. The predicted octanol–water partition coefficient (Wildman–Crippen LogP) is 4.97. The highest BCUT2D eigenvalue weighted by Crippen LogP contribution is 2.30. The molecule has 3 rings (SSSR count). The molecule has 0 spiro atoms. The van der Waals surface area contributed by atoms with Crippen molar-refractivity contribution in [2.75, 3.05) is 0 Å². The van der Waals surface area contributed by atoms with Gasteiger partial charge in [-0.15, -0.1) is 0 Å². The van der Waals surface area contributed by atoms with Crippen LogP contribution in [0.3, 0.4) is 0 Å². The third-order valence-corrected chi connectivity index (χ3v) is 5.13. The fourth-order valence-corrected chi connectivity index (χ4v) is 4.14. The van der Waals surface area contributed by atoms with E-state index < -0.39 is 0 Å². The van der Waals surface area contributed by atoms with E-state index in [0.717, 1.165) is 12.8 Å². The molecular weight excluding hydrogens is 322 g/mol. The van der Waals surface area contributed by atoms with Crippen molar-refractivity contribution in [3.05, 3.63) is 69.2 Å². The van der Waals surface area contributed by atoms with Crippen molar-refractivity contribution in [2.24, 2.45) is 0 Å². The molecule has 21 heavy (non-hydrogen) atoms. The minimum Gasteiger partial charge on any atom is -0.307 e. The summed E-state index contributed by atoms with van der Waals surface area (Å²) in [5.74, 6) is 0. The lowest BCUT2D eigenvalue weighted by Gasteiger charge is -2.29. The third kappa shape index (κ3) is 3.38. The minimum absolute atomic E-state index is 0.408. The molecule has 2 atom stereocenters. The lowest BCUT2D eigenvalue weighted by atomic mass is 9.87. The molecular formula is C19H22BrN. The number of fused-ring (bicyclic) bond motifs is 1. The van der Waals surface area contributed by atoms with Gasteiger partial charge in [-0.3, -0.25) is 0 Å². The number of hydrogen-bond donors (Lipinski definition) is 1. The summed E-state index contributed by atoms with van der Waals surface area (Å²) < 4.78 is 1.28. The van der Waals surface area contributed by atoms with Crippen molar-refractivity contribution in [1.29, 1.82) is 0 Å². The molecule has 0 aromatic heterocycles. The monoisotopic (exact) mass is 343 g/mol. The lowest BCUT2D eigenvalue weighted by Crippen LogP contribution is -2.36. The number of aryl methyl sites for hydroxylation is 1. The van der Waals surface area contributed by atoms with Crippen LogP contribution in [0.15, 0.2) is 46.9 Å². The Hall–Kier alpha value is -1.12. The van der Waals surface area contributed by atoms with Crippen LogP contribution < -0.4 is 5.32 Å². The highest BCUT2D eigenvalue weighted by molar-refractivity contribution is 9.10. The normalized spacial score (nSPS) is 19.1. The summed E-state index contributed by atoms with van der Waals surface area (Å²) in [5, 5.41) is 3.80. The number of rotatable bonds is 3. The Labute approximate surface area is 135 Å². The molecule has 2 aromatic rings. The molecule has 0 unspecified atom stereocenters. The van der Waals surface area contributed by atoms with Crippen molar-refractivity contribution < 1.29 is 0 Å². The second-order valence-electron chi connectivity index (χ2n) is 6.12. The molecule has 1 aliphatic rings. The molecule has 0 fully saturated rings. The van der Waals surface area contributed by atoms with Gasteiger partial charge < -0.3 is 5.32 Å². The van der Waals surface area contributed by atoms with E-state index in [4.69, 9.17) is 0 Å². The average molecular weight is 344 g/mol. The average Bonchev–Trinajstić information content (AvgIpc) is 2.47. The Kier molecular flexibility index (Phi) is 4.46. The highest BCUT2D eigenvalue weighted by atomic mass is 79.9. The SMILES string of the molecule is Cc1cc(Br)c2c(c1)C[C@H](N[C@@H](C)c1ccccc1)CC2. The minimum atomic E-state index is 0.408. The Balaban J connectivity index is 1.72. The van der Waals surface area contributed by atoms with E-state index in [0.29, 0.717) is 12.1 Å². The fraction of sp³-hybridized carbons (Fsp3) is 0.368. The first-order valence-corrected chi connectivity index (χ1v) is 8.51. The van der Waals surface area contributed by atoms with Crippen LogP contribution in [0, 0.1) is 6.92 Å². The van der Waals surface area contributed by atoms with Crippen molar-refractivity contribution in [2.45, 2.75) is 45.2 Å². The number of hydrogen-bond acceptors (Lipinski definition) is 1. The number of nitrogens with one attached hydrogen (secondary N) is 1. The zero-order valence-corrected chi connectivity index (χ0v) is 14.3. The van der Waals surface area contributed by atoms with E-state index in [1.54, 1.807) is 0 Å². The zero-order chi connectivity index (χ0) is 14.8. The van der Waals surface area contributed by atoms with Crippen LogP contribution in [0.25, 0.3) is 0 Å². The predicted molar refractivity (Wildman–Crippen MR) is 92.7 cm³/mol. The maximum Gasteiger partial charge on any atom is 0.0294 e. The van der Waals surface area contributed by atoms with Crippen LogP contribution in [0.2, 0.25) is 0 Å². The van der Waals surface area contributed by atoms with E-state index in [2.05, 4.69) is 77.6 Å². The summed E-state index contributed by atoms with van der Waals surface area (Å²) in [6.45, 7) is 4.44. The molecule has 0 saturated heterocycles. The first-order chi connectivity index (χ1) is 10.1. The maximum atomic E-state index is 3.80.